The second-order valence-corrected chi connectivity index (χ2v) is 9.34. The molecule has 1 amide bonds. The average Bonchev–Trinajstić information content (AvgIpc) is 3.54. The van der Waals surface area contributed by atoms with Gasteiger partial charge in [-0.05, 0) is 41.8 Å². The SMILES string of the molecule is CCc1c(NC(=O)OCCc2cccnc2)cn2ncnc(Nc3ccc4c(cnn4Cc4ccccc4)c3)c12. The fraction of sp³-hybridized carbons (Fsp3) is 0.167. The van der Waals surface area contributed by atoms with Crippen LogP contribution in [-0.2, 0) is 24.1 Å². The maximum Gasteiger partial charge on any atom is 0.411 e. The number of hydrogen-bond donors (Lipinski definition) is 2. The van der Waals surface area contributed by atoms with E-state index in [2.05, 4.69) is 55.1 Å². The predicted molar refractivity (Wildman–Crippen MR) is 154 cm³/mol. The first-order valence-electron chi connectivity index (χ1n) is 13.1. The zero-order valence-corrected chi connectivity index (χ0v) is 22.0. The van der Waals surface area contributed by atoms with E-state index in [9.17, 15) is 4.79 Å². The van der Waals surface area contributed by atoms with Gasteiger partial charge in [-0.15, -0.1) is 0 Å². The third kappa shape index (κ3) is 5.32. The van der Waals surface area contributed by atoms with Crippen molar-refractivity contribution in [2.75, 3.05) is 17.2 Å². The number of aryl methyl sites for hydroxylation is 1. The minimum atomic E-state index is -0.519. The second kappa shape index (κ2) is 11.2. The van der Waals surface area contributed by atoms with E-state index in [-0.39, 0.29) is 6.61 Å². The molecule has 4 aromatic heterocycles. The standard InChI is InChI=1S/C30H28N8O2/c1-2-25-26(36-30(39)40-14-12-21-9-6-13-31-16-21)19-38-28(25)29(32-20-34-38)35-24-10-11-27-23(15-24)17-33-37(27)18-22-7-4-3-5-8-22/h3-11,13,15-17,19-20H,2,12,14,18H2,1H3,(H,36,39)(H,32,34,35). The molecule has 40 heavy (non-hydrogen) atoms. The van der Waals surface area contributed by atoms with Gasteiger partial charge in [0.25, 0.3) is 0 Å². The molecule has 0 fully saturated rings. The quantitative estimate of drug-likeness (QED) is 0.249. The van der Waals surface area contributed by atoms with Crippen LogP contribution >= 0.6 is 0 Å². The Morgan fingerprint density at radius 3 is 2.70 bits per heavy atom. The van der Waals surface area contributed by atoms with E-state index in [1.165, 1.54) is 11.9 Å². The summed E-state index contributed by atoms with van der Waals surface area (Å²) in [5, 5.41) is 16.3. The Hall–Kier alpha value is -5.25. The Bertz CT molecular complexity index is 1760. The molecule has 0 saturated heterocycles. The van der Waals surface area contributed by atoms with Crippen LogP contribution in [0, 0.1) is 0 Å². The van der Waals surface area contributed by atoms with Crippen molar-refractivity contribution in [3.05, 3.63) is 108 Å². The summed E-state index contributed by atoms with van der Waals surface area (Å²) in [4.78, 5) is 21.1. The summed E-state index contributed by atoms with van der Waals surface area (Å²) in [6.45, 7) is 2.98. The smallest absolute Gasteiger partial charge is 0.411 e. The normalized spacial score (nSPS) is 11.1. The topological polar surface area (TPSA) is 111 Å². The zero-order chi connectivity index (χ0) is 27.3. The van der Waals surface area contributed by atoms with Gasteiger partial charge in [0.15, 0.2) is 5.82 Å². The number of rotatable bonds is 9. The highest BCUT2D eigenvalue weighted by Gasteiger charge is 2.17. The maximum absolute atomic E-state index is 12.5. The lowest BCUT2D eigenvalue weighted by Gasteiger charge is -2.10. The van der Waals surface area contributed by atoms with Crippen LogP contribution < -0.4 is 10.6 Å². The monoisotopic (exact) mass is 532 g/mol. The van der Waals surface area contributed by atoms with Gasteiger partial charge in [0.1, 0.15) is 11.8 Å². The summed E-state index contributed by atoms with van der Waals surface area (Å²) in [5.74, 6) is 0.640. The Morgan fingerprint density at radius 2 is 1.88 bits per heavy atom. The molecule has 0 bridgehead atoms. The summed E-state index contributed by atoms with van der Waals surface area (Å²) in [5.41, 5.74) is 6.45. The number of ether oxygens (including phenoxy) is 1. The molecule has 6 aromatic rings. The Labute approximate surface area is 230 Å². The average molecular weight is 533 g/mol. The molecule has 0 spiro atoms. The van der Waals surface area contributed by atoms with Gasteiger partial charge >= 0.3 is 6.09 Å². The molecule has 2 N–H and O–H groups in total. The molecular weight excluding hydrogens is 504 g/mol. The van der Waals surface area contributed by atoms with E-state index in [1.807, 2.05) is 54.2 Å². The summed E-state index contributed by atoms with van der Waals surface area (Å²) in [6.07, 6.45) is 9.35. The summed E-state index contributed by atoms with van der Waals surface area (Å²) >= 11 is 0. The van der Waals surface area contributed by atoms with Gasteiger partial charge in [-0.25, -0.2) is 14.3 Å². The number of nitrogens with zero attached hydrogens (tertiary/aromatic N) is 6. The van der Waals surface area contributed by atoms with Crippen molar-refractivity contribution in [3.8, 4) is 0 Å². The fourth-order valence-electron chi connectivity index (χ4n) is 4.77. The molecule has 0 radical (unpaired) electrons. The molecular formula is C30H28N8O2. The molecule has 0 atom stereocenters. The zero-order valence-electron chi connectivity index (χ0n) is 22.0. The lowest BCUT2D eigenvalue weighted by Crippen LogP contribution is -2.15. The van der Waals surface area contributed by atoms with Crippen LogP contribution in [0.4, 0.5) is 22.0 Å². The first-order valence-corrected chi connectivity index (χ1v) is 13.1. The van der Waals surface area contributed by atoms with Crippen molar-refractivity contribution >= 4 is 39.7 Å². The van der Waals surface area contributed by atoms with Gasteiger partial charge in [0, 0.05) is 35.5 Å². The highest BCUT2D eigenvalue weighted by molar-refractivity contribution is 5.91. The predicted octanol–water partition coefficient (Wildman–Crippen LogP) is 5.62. The molecule has 10 heteroatoms. The number of anilines is 3. The molecule has 0 aliphatic heterocycles. The molecule has 10 nitrogen and oxygen atoms in total. The highest BCUT2D eigenvalue weighted by atomic mass is 16.5. The number of carbonyl (C=O) groups is 1. The number of amides is 1. The van der Waals surface area contributed by atoms with Gasteiger partial charge in [0.05, 0.1) is 36.7 Å². The number of carbonyl (C=O) groups excluding carboxylic acids is 1. The van der Waals surface area contributed by atoms with E-state index >= 15 is 0 Å². The summed E-state index contributed by atoms with van der Waals surface area (Å²) < 4.78 is 9.12. The minimum Gasteiger partial charge on any atom is -0.449 e. The fourth-order valence-corrected chi connectivity index (χ4v) is 4.77. The van der Waals surface area contributed by atoms with Gasteiger partial charge in [0.2, 0.25) is 0 Å². The number of benzene rings is 2. The summed E-state index contributed by atoms with van der Waals surface area (Å²) in [6, 6.07) is 20.2. The van der Waals surface area contributed by atoms with E-state index in [4.69, 9.17) is 4.74 Å². The van der Waals surface area contributed by atoms with Crippen LogP contribution in [0.25, 0.3) is 16.4 Å². The maximum atomic E-state index is 12.5. The number of hydrogen-bond acceptors (Lipinski definition) is 7. The van der Waals surface area contributed by atoms with E-state index in [1.54, 1.807) is 23.1 Å². The van der Waals surface area contributed by atoms with Gasteiger partial charge in [-0.2, -0.15) is 10.2 Å². The molecule has 0 aliphatic carbocycles. The van der Waals surface area contributed by atoms with Crippen molar-refractivity contribution in [1.29, 1.82) is 0 Å². The third-order valence-corrected chi connectivity index (χ3v) is 6.70. The molecule has 4 heterocycles. The second-order valence-electron chi connectivity index (χ2n) is 9.34. The molecule has 0 aliphatic rings. The van der Waals surface area contributed by atoms with Crippen LogP contribution in [-0.4, -0.2) is 42.1 Å². The molecule has 6 rings (SSSR count). The Balaban J connectivity index is 1.19. The summed E-state index contributed by atoms with van der Waals surface area (Å²) in [7, 11) is 0. The van der Waals surface area contributed by atoms with Crippen molar-refractivity contribution in [1.82, 2.24) is 29.4 Å². The molecule has 2 aromatic carbocycles. The minimum absolute atomic E-state index is 0.253. The lowest BCUT2D eigenvalue weighted by atomic mass is 10.2. The van der Waals surface area contributed by atoms with E-state index < -0.39 is 6.09 Å². The first-order chi connectivity index (χ1) is 19.7. The van der Waals surface area contributed by atoms with Crippen LogP contribution in [0.3, 0.4) is 0 Å². The molecule has 0 unspecified atom stereocenters. The van der Waals surface area contributed by atoms with Crippen molar-refractivity contribution in [3.63, 3.8) is 0 Å². The third-order valence-electron chi connectivity index (χ3n) is 6.70. The molecule has 200 valence electrons. The first kappa shape index (κ1) is 25.1. The highest BCUT2D eigenvalue weighted by Crippen LogP contribution is 2.30. The van der Waals surface area contributed by atoms with Crippen LogP contribution in [0.2, 0.25) is 0 Å². The number of pyridine rings is 1. The van der Waals surface area contributed by atoms with Crippen molar-refractivity contribution < 1.29 is 9.53 Å². The van der Waals surface area contributed by atoms with Gasteiger partial charge in [-0.1, -0.05) is 43.3 Å². The van der Waals surface area contributed by atoms with Crippen molar-refractivity contribution in [2.45, 2.75) is 26.3 Å². The van der Waals surface area contributed by atoms with Crippen LogP contribution in [0.5, 0.6) is 0 Å². The van der Waals surface area contributed by atoms with Crippen molar-refractivity contribution in [2.24, 2.45) is 0 Å². The van der Waals surface area contributed by atoms with E-state index in [0.717, 1.165) is 33.2 Å². The Morgan fingerprint density at radius 1 is 1.00 bits per heavy atom. The number of fused-ring (bicyclic) bond motifs is 2. The van der Waals surface area contributed by atoms with Gasteiger partial charge < -0.3 is 10.1 Å². The van der Waals surface area contributed by atoms with Crippen LogP contribution in [0.15, 0.2) is 91.8 Å². The number of aromatic nitrogens is 6. The van der Waals surface area contributed by atoms with Gasteiger partial charge in [-0.3, -0.25) is 15.0 Å². The lowest BCUT2D eigenvalue weighted by molar-refractivity contribution is 0.163. The van der Waals surface area contributed by atoms with E-state index in [0.29, 0.717) is 30.9 Å². The Kier molecular flexibility index (Phi) is 7.04. The number of nitrogens with one attached hydrogen (secondary N) is 2. The van der Waals surface area contributed by atoms with Crippen LogP contribution in [0.1, 0.15) is 23.6 Å². The largest absolute Gasteiger partial charge is 0.449 e. The molecule has 0 saturated carbocycles.